The van der Waals surface area contributed by atoms with Crippen molar-refractivity contribution in [2.75, 3.05) is 18.0 Å². The van der Waals surface area contributed by atoms with Gasteiger partial charge in [0.1, 0.15) is 0 Å². The molecule has 0 aromatic heterocycles. The van der Waals surface area contributed by atoms with Crippen LogP contribution in [0.15, 0.2) is 47.4 Å². The van der Waals surface area contributed by atoms with Crippen molar-refractivity contribution in [2.45, 2.75) is 44.6 Å². The highest BCUT2D eigenvalue weighted by Gasteiger charge is 2.21. The molecule has 1 fully saturated rings. The first kappa shape index (κ1) is 18.0. The molecule has 2 aromatic rings. The van der Waals surface area contributed by atoms with E-state index in [1.165, 1.54) is 18.5 Å². The third-order valence-corrected chi connectivity index (χ3v) is 6.51. The largest absolute Gasteiger partial charge is 0.372 e. The highest BCUT2D eigenvalue weighted by molar-refractivity contribution is 7.89. The number of nitrogens with one attached hydrogen (secondary N) is 1. The van der Waals surface area contributed by atoms with Crippen LogP contribution in [0.1, 0.15) is 42.5 Å². The number of sulfonamides is 1. The highest BCUT2D eigenvalue weighted by Crippen LogP contribution is 2.24. The molecule has 0 unspecified atom stereocenters. The van der Waals surface area contributed by atoms with Crippen LogP contribution in [0.3, 0.4) is 0 Å². The van der Waals surface area contributed by atoms with Crippen LogP contribution in [0.2, 0.25) is 0 Å². The number of rotatable bonds is 5. The first-order valence-corrected chi connectivity index (χ1v) is 10.3. The second-order valence-electron chi connectivity index (χ2n) is 6.90. The van der Waals surface area contributed by atoms with Gasteiger partial charge in [-0.3, -0.25) is 0 Å². The maximum Gasteiger partial charge on any atom is 0.241 e. The zero-order valence-corrected chi connectivity index (χ0v) is 15.9. The van der Waals surface area contributed by atoms with Crippen molar-refractivity contribution in [1.82, 2.24) is 4.72 Å². The Hall–Kier alpha value is -1.85. The molecule has 1 heterocycles. The van der Waals surface area contributed by atoms with Gasteiger partial charge in [0.15, 0.2) is 0 Å². The van der Waals surface area contributed by atoms with E-state index in [1.54, 1.807) is 6.07 Å². The molecule has 1 saturated heterocycles. The lowest BCUT2D eigenvalue weighted by Crippen LogP contribution is -2.27. The Balaban J connectivity index is 1.76. The Kier molecular flexibility index (Phi) is 5.16. The predicted molar refractivity (Wildman–Crippen MR) is 103 cm³/mol. The van der Waals surface area contributed by atoms with Crippen LogP contribution in [-0.2, 0) is 10.0 Å². The Bertz CT molecular complexity index is 838. The van der Waals surface area contributed by atoms with E-state index >= 15 is 0 Å². The van der Waals surface area contributed by atoms with Gasteiger partial charge in [-0.1, -0.05) is 24.3 Å². The van der Waals surface area contributed by atoms with Gasteiger partial charge >= 0.3 is 0 Å². The van der Waals surface area contributed by atoms with Gasteiger partial charge in [-0.05, 0) is 68.5 Å². The van der Waals surface area contributed by atoms with E-state index in [-0.39, 0.29) is 6.04 Å². The van der Waals surface area contributed by atoms with Crippen LogP contribution in [-0.4, -0.2) is 21.5 Å². The van der Waals surface area contributed by atoms with E-state index < -0.39 is 10.0 Å². The molecule has 1 N–H and O–H groups in total. The highest BCUT2D eigenvalue weighted by atomic mass is 32.2. The van der Waals surface area contributed by atoms with Gasteiger partial charge in [0, 0.05) is 24.8 Å². The van der Waals surface area contributed by atoms with Crippen molar-refractivity contribution in [3.05, 3.63) is 59.2 Å². The van der Waals surface area contributed by atoms with Gasteiger partial charge in [0.25, 0.3) is 0 Å². The van der Waals surface area contributed by atoms with Crippen molar-refractivity contribution in [2.24, 2.45) is 0 Å². The summed E-state index contributed by atoms with van der Waals surface area (Å²) >= 11 is 0. The molecule has 0 aliphatic carbocycles. The fraction of sp³-hybridized carbons (Fsp3) is 0.400. The summed E-state index contributed by atoms with van der Waals surface area (Å²) in [5.41, 5.74) is 3.88. The van der Waals surface area contributed by atoms with Crippen molar-refractivity contribution in [3.63, 3.8) is 0 Å². The minimum atomic E-state index is -3.55. The number of hydrogen-bond acceptors (Lipinski definition) is 3. The molecule has 0 spiro atoms. The molecule has 5 heteroatoms. The van der Waals surface area contributed by atoms with Gasteiger partial charge in [0.2, 0.25) is 10.0 Å². The fourth-order valence-electron chi connectivity index (χ4n) is 3.31. The fourth-order valence-corrected chi connectivity index (χ4v) is 4.87. The second kappa shape index (κ2) is 7.18. The molecule has 1 aliphatic heterocycles. The van der Waals surface area contributed by atoms with Gasteiger partial charge in [-0.25, -0.2) is 13.1 Å². The minimum Gasteiger partial charge on any atom is -0.372 e. The van der Waals surface area contributed by atoms with Crippen LogP contribution < -0.4 is 9.62 Å². The number of aryl methyl sites for hydroxylation is 2. The molecule has 0 amide bonds. The summed E-state index contributed by atoms with van der Waals surface area (Å²) in [5, 5.41) is 0. The van der Waals surface area contributed by atoms with E-state index in [4.69, 9.17) is 0 Å². The Morgan fingerprint density at radius 2 is 1.64 bits per heavy atom. The summed E-state index contributed by atoms with van der Waals surface area (Å²) in [4.78, 5) is 2.72. The molecular formula is C20H26N2O2S. The summed E-state index contributed by atoms with van der Waals surface area (Å²) in [6.07, 6.45) is 2.49. The monoisotopic (exact) mass is 358 g/mol. The van der Waals surface area contributed by atoms with Crippen LogP contribution in [0, 0.1) is 13.8 Å². The number of nitrogens with zero attached hydrogens (tertiary/aromatic N) is 1. The Morgan fingerprint density at radius 3 is 2.28 bits per heavy atom. The molecule has 134 valence electrons. The lowest BCUT2D eigenvalue weighted by molar-refractivity contribution is 0.566. The Morgan fingerprint density at radius 1 is 1.00 bits per heavy atom. The standard InChI is InChI=1S/C20H26N2O2S/c1-15-6-7-16(2)20(14-15)25(23,24)21-17(3)18-8-10-19(11-9-18)22-12-4-5-13-22/h6-11,14,17,21H,4-5,12-13H2,1-3H3/t17-/m1/s1. The molecule has 0 radical (unpaired) electrons. The van der Waals surface area contributed by atoms with E-state index in [0.29, 0.717) is 4.90 Å². The molecule has 0 bridgehead atoms. The number of anilines is 1. The van der Waals surface area contributed by atoms with Crippen LogP contribution in [0.25, 0.3) is 0 Å². The summed E-state index contributed by atoms with van der Waals surface area (Å²) in [7, 11) is -3.55. The van der Waals surface area contributed by atoms with E-state index in [0.717, 1.165) is 29.8 Å². The van der Waals surface area contributed by atoms with Gasteiger partial charge in [0.05, 0.1) is 4.90 Å². The summed E-state index contributed by atoms with van der Waals surface area (Å²) in [5.74, 6) is 0. The molecule has 2 aromatic carbocycles. The second-order valence-corrected chi connectivity index (χ2v) is 8.58. The number of benzene rings is 2. The van der Waals surface area contributed by atoms with Crippen LogP contribution in [0.4, 0.5) is 5.69 Å². The molecule has 0 saturated carbocycles. The van der Waals surface area contributed by atoms with Crippen molar-refractivity contribution < 1.29 is 8.42 Å². The summed E-state index contributed by atoms with van der Waals surface area (Å²) in [6, 6.07) is 13.4. The maximum atomic E-state index is 12.7. The van der Waals surface area contributed by atoms with E-state index in [9.17, 15) is 8.42 Å². The van der Waals surface area contributed by atoms with Crippen molar-refractivity contribution in [3.8, 4) is 0 Å². The third-order valence-electron chi connectivity index (χ3n) is 4.83. The molecular weight excluding hydrogens is 332 g/mol. The van der Waals surface area contributed by atoms with Gasteiger partial charge in [-0.2, -0.15) is 0 Å². The quantitative estimate of drug-likeness (QED) is 0.881. The molecule has 4 nitrogen and oxygen atoms in total. The Labute approximate surface area is 150 Å². The molecule has 25 heavy (non-hydrogen) atoms. The van der Waals surface area contributed by atoms with Gasteiger partial charge < -0.3 is 4.90 Å². The summed E-state index contributed by atoms with van der Waals surface area (Å²) in [6.45, 7) is 7.82. The third kappa shape index (κ3) is 4.05. The zero-order valence-electron chi connectivity index (χ0n) is 15.1. The normalized spacial score (nSPS) is 16.2. The van der Waals surface area contributed by atoms with Crippen LogP contribution >= 0.6 is 0 Å². The average molecular weight is 359 g/mol. The first-order chi connectivity index (χ1) is 11.9. The van der Waals surface area contributed by atoms with E-state index in [2.05, 4.69) is 21.8 Å². The van der Waals surface area contributed by atoms with E-state index in [1.807, 2.05) is 45.0 Å². The SMILES string of the molecule is Cc1ccc(C)c(S(=O)(=O)N[C@H](C)c2ccc(N3CCCC3)cc2)c1. The predicted octanol–water partition coefficient (Wildman–Crippen LogP) is 3.94. The van der Waals surface area contributed by atoms with Crippen molar-refractivity contribution >= 4 is 15.7 Å². The smallest absolute Gasteiger partial charge is 0.241 e. The van der Waals surface area contributed by atoms with Crippen molar-refractivity contribution in [1.29, 1.82) is 0 Å². The lowest BCUT2D eigenvalue weighted by Gasteiger charge is -2.20. The molecule has 1 atom stereocenters. The topological polar surface area (TPSA) is 49.4 Å². The first-order valence-electron chi connectivity index (χ1n) is 8.81. The number of hydrogen-bond donors (Lipinski definition) is 1. The maximum absolute atomic E-state index is 12.7. The zero-order chi connectivity index (χ0) is 18.0. The molecule has 3 rings (SSSR count). The average Bonchev–Trinajstić information content (AvgIpc) is 3.11. The minimum absolute atomic E-state index is 0.280. The summed E-state index contributed by atoms with van der Waals surface area (Å²) < 4.78 is 28.3. The lowest BCUT2D eigenvalue weighted by atomic mass is 10.1. The van der Waals surface area contributed by atoms with Crippen LogP contribution in [0.5, 0.6) is 0 Å². The molecule has 1 aliphatic rings. The van der Waals surface area contributed by atoms with Gasteiger partial charge in [-0.15, -0.1) is 0 Å².